The maximum atomic E-state index is 11.3. The van der Waals surface area contributed by atoms with Gasteiger partial charge in [-0.1, -0.05) is 6.58 Å². The predicted octanol–water partition coefficient (Wildman–Crippen LogP) is 2.86. The van der Waals surface area contributed by atoms with E-state index >= 15 is 0 Å². The van der Waals surface area contributed by atoms with Crippen LogP contribution in [0.5, 0.6) is 0 Å². The lowest BCUT2D eigenvalue weighted by molar-refractivity contribution is -0.330. The Bertz CT molecular complexity index is 319. The quantitative estimate of drug-likeness (QED) is 0.429. The van der Waals surface area contributed by atoms with Crippen molar-refractivity contribution >= 4 is 5.97 Å². The number of hydrogen-bond acceptors (Lipinski definition) is 3. The van der Waals surface area contributed by atoms with Gasteiger partial charge in [0.2, 0.25) is 0 Å². The first-order valence-electron chi connectivity index (χ1n) is 6.66. The average molecular weight is 236 g/mol. The summed E-state index contributed by atoms with van der Waals surface area (Å²) in [5.74, 6) is 2.62. The van der Waals surface area contributed by atoms with E-state index in [0.717, 1.165) is 11.8 Å². The highest BCUT2D eigenvalue weighted by Gasteiger charge is 2.49. The van der Waals surface area contributed by atoms with Crippen LogP contribution in [0.1, 0.15) is 39.0 Å². The summed E-state index contributed by atoms with van der Waals surface area (Å²) >= 11 is 0. The Balaban J connectivity index is 1.61. The zero-order valence-corrected chi connectivity index (χ0v) is 10.4. The molecule has 0 unspecified atom stereocenters. The van der Waals surface area contributed by atoms with Gasteiger partial charge < -0.3 is 0 Å². The first-order valence-corrected chi connectivity index (χ1v) is 6.66. The van der Waals surface area contributed by atoms with E-state index in [9.17, 15) is 4.79 Å². The Morgan fingerprint density at radius 1 is 1.06 bits per heavy atom. The number of carbonyl (C=O) groups excluding carboxylic acids is 1. The van der Waals surface area contributed by atoms with E-state index in [1.807, 2.05) is 0 Å². The van der Waals surface area contributed by atoms with Crippen LogP contribution in [0.3, 0.4) is 0 Å². The van der Waals surface area contributed by atoms with Gasteiger partial charge in [0.25, 0.3) is 0 Å². The first kappa shape index (κ1) is 11.3. The van der Waals surface area contributed by atoms with Crippen molar-refractivity contribution in [2.75, 3.05) is 0 Å². The van der Waals surface area contributed by atoms with E-state index in [1.54, 1.807) is 6.92 Å². The lowest BCUT2D eigenvalue weighted by atomic mass is 9.55. The number of carbonyl (C=O) groups is 1. The van der Waals surface area contributed by atoms with Crippen molar-refractivity contribution in [3.05, 3.63) is 12.2 Å². The van der Waals surface area contributed by atoms with Gasteiger partial charge in [0.05, 0.1) is 0 Å². The SMILES string of the molecule is C=C(C)C(=O)OOC1C2CC3CC(C2)CC1C3. The number of rotatable bonds is 3. The minimum absolute atomic E-state index is 0.145. The molecule has 3 heteroatoms. The highest BCUT2D eigenvalue weighted by molar-refractivity contribution is 5.86. The van der Waals surface area contributed by atoms with Crippen molar-refractivity contribution in [3.63, 3.8) is 0 Å². The molecule has 4 bridgehead atoms. The zero-order valence-electron chi connectivity index (χ0n) is 10.4. The monoisotopic (exact) mass is 236 g/mol. The fourth-order valence-corrected chi connectivity index (χ4v) is 4.20. The summed E-state index contributed by atoms with van der Waals surface area (Å²) in [6, 6.07) is 0. The fourth-order valence-electron chi connectivity index (χ4n) is 4.20. The molecule has 0 aromatic heterocycles. The van der Waals surface area contributed by atoms with Crippen molar-refractivity contribution in [3.8, 4) is 0 Å². The normalized spacial score (nSPS) is 42.5. The molecule has 4 saturated carbocycles. The molecular formula is C14H20O3. The second-order valence-corrected chi connectivity index (χ2v) is 6.14. The third-order valence-corrected chi connectivity index (χ3v) is 4.72. The van der Waals surface area contributed by atoms with E-state index < -0.39 is 5.97 Å². The van der Waals surface area contributed by atoms with Gasteiger partial charge in [-0.05, 0) is 62.7 Å². The summed E-state index contributed by atoms with van der Waals surface area (Å²) in [6.07, 6.45) is 6.63. The summed E-state index contributed by atoms with van der Waals surface area (Å²) in [5.41, 5.74) is 0.397. The Hall–Kier alpha value is -0.830. The Morgan fingerprint density at radius 3 is 2.06 bits per heavy atom. The van der Waals surface area contributed by atoms with E-state index in [4.69, 9.17) is 9.78 Å². The summed E-state index contributed by atoms with van der Waals surface area (Å²) in [6.45, 7) is 5.20. The van der Waals surface area contributed by atoms with Gasteiger partial charge in [0.1, 0.15) is 6.10 Å². The van der Waals surface area contributed by atoms with Gasteiger partial charge in [0, 0.05) is 5.57 Å². The molecule has 0 aromatic carbocycles. The highest BCUT2D eigenvalue weighted by atomic mass is 17.2. The summed E-state index contributed by atoms with van der Waals surface area (Å²) < 4.78 is 0. The molecule has 0 N–H and O–H groups in total. The zero-order chi connectivity index (χ0) is 12.0. The maximum absolute atomic E-state index is 11.3. The molecule has 4 rings (SSSR count). The van der Waals surface area contributed by atoms with Crippen LogP contribution in [0, 0.1) is 23.7 Å². The van der Waals surface area contributed by atoms with Crippen LogP contribution in [-0.2, 0) is 14.6 Å². The minimum atomic E-state index is -0.432. The molecule has 17 heavy (non-hydrogen) atoms. The van der Waals surface area contributed by atoms with Crippen LogP contribution in [0.15, 0.2) is 12.2 Å². The van der Waals surface area contributed by atoms with Crippen molar-refractivity contribution in [2.24, 2.45) is 23.7 Å². The van der Waals surface area contributed by atoms with Crippen LogP contribution in [0.4, 0.5) is 0 Å². The second kappa shape index (κ2) is 4.13. The molecular weight excluding hydrogens is 216 g/mol. The van der Waals surface area contributed by atoms with E-state index in [-0.39, 0.29) is 6.10 Å². The van der Waals surface area contributed by atoms with Crippen LogP contribution in [-0.4, -0.2) is 12.1 Å². The second-order valence-electron chi connectivity index (χ2n) is 6.14. The van der Waals surface area contributed by atoms with Crippen molar-refractivity contribution in [1.29, 1.82) is 0 Å². The van der Waals surface area contributed by atoms with Crippen LogP contribution in [0.2, 0.25) is 0 Å². The Morgan fingerprint density at radius 2 is 1.59 bits per heavy atom. The average Bonchev–Trinajstić information content (AvgIpc) is 2.26. The molecule has 0 spiro atoms. The number of hydrogen-bond donors (Lipinski definition) is 0. The summed E-state index contributed by atoms with van der Waals surface area (Å²) in [7, 11) is 0. The molecule has 4 aliphatic carbocycles. The smallest absolute Gasteiger partial charge is 0.293 e. The third kappa shape index (κ3) is 2.01. The molecule has 3 nitrogen and oxygen atoms in total. The van der Waals surface area contributed by atoms with Crippen molar-refractivity contribution < 1.29 is 14.6 Å². The molecule has 0 saturated heterocycles. The minimum Gasteiger partial charge on any atom is -0.293 e. The van der Waals surface area contributed by atoms with Crippen LogP contribution in [0.25, 0.3) is 0 Å². The summed E-state index contributed by atoms with van der Waals surface area (Å²) in [4.78, 5) is 21.7. The van der Waals surface area contributed by atoms with E-state index in [2.05, 4.69) is 6.58 Å². The lowest BCUT2D eigenvalue weighted by Gasteiger charge is -2.52. The molecule has 0 aromatic rings. The molecule has 0 amide bonds. The largest absolute Gasteiger partial charge is 0.368 e. The fraction of sp³-hybridized carbons (Fsp3) is 0.786. The lowest BCUT2D eigenvalue weighted by Crippen LogP contribution is -2.49. The molecule has 0 heterocycles. The van der Waals surface area contributed by atoms with Gasteiger partial charge in [-0.2, -0.15) is 4.89 Å². The Kier molecular flexibility index (Phi) is 2.74. The molecule has 0 atom stereocenters. The third-order valence-electron chi connectivity index (χ3n) is 4.72. The van der Waals surface area contributed by atoms with Crippen molar-refractivity contribution in [1.82, 2.24) is 0 Å². The topological polar surface area (TPSA) is 35.5 Å². The Labute approximate surface area is 102 Å². The van der Waals surface area contributed by atoms with Crippen LogP contribution >= 0.6 is 0 Å². The first-order chi connectivity index (χ1) is 8.13. The molecule has 4 aliphatic rings. The van der Waals surface area contributed by atoms with Gasteiger partial charge in [0.15, 0.2) is 0 Å². The predicted molar refractivity (Wildman–Crippen MR) is 62.8 cm³/mol. The summed E-state index contributed by atoms with van der Waals surface area (Å²) in [5, 5.41) is 0. The van der Waals surface area contributed by atoms with Gasteiger partial charge >= 0.3 is 5.97 Å². The van der Waals surface area contributed by atoms with E-state index in [1.165, 1.54) is 32.1 Å². The molecule has 0 radical (unpaired) electrons. The van der Waals surface area contributed by atoms with Crippen molar-refractivity contribution in [2.45, 2.75) is 45.1 Å². The van der Waals surface area contributed by atoms with Gasteiger partial charge in [-0.3, -0.25) is 4.89 Å². The molecule has 0 aliphatic heterocycles. The standard InChI is InChI=1S/C14H20O3/c1-8(2)14(15)17-16-13-11-4-9-3-10(6-11)7-12(13)5-9/h9-13H,1,3-7H2,2H3. The van der Waals surface area contributed by atoms with Gasteiger partial charge in [-0.15, -0.1) is 0 Å². The highest BCUT2D eigenvalue weighted by Crippen LogP contribution is 2.54. The van der Waals surface area contributed by atoms with Crippen LogP contribution < -0.4 is 0 Å². The maximum Gasteiger partial charge on any atom is 0.368 e. The van der Waals surface area contributed by atoms with E-state index in [0.29, 0.717) is 17.4 Å². The molecule has 94 valence electrons. The molecule has 4 fully saturated rings. The van der Waals surface area contributed by atoms with Gasteiger partial charge in [-0.25, -0.2) is 4.79 Å².